The van der Waals surface area contributed by atoms with Gasteiger partial charge in [0.05, 0.1) is 5.52 Å². The second kappa shape index (κ2) is 7.79. The molecule has 5 nitrogen and oxygen atoms in total. The zero-order chi connectivity index (χ0) is 17.8. The number of aromatic nitrogens is 2. The molecule has 0 saturated carbocycles. The van der Waals surface area contributed by atoms with Crippen LogP contribution in [0.4, 0.5) is 0 Å². The third kappa shape index (κ3) is 3.99. The van der Waals surface area contributed by atoms with Gasteiger partial charge in [-0.3, -0.25) is 4.90 Å². The lowest BCUT2D eigenvalue weighted by Crippen LogP contribution is -2.37. The van der Waals surface area contributed by atoms with Crippen molar-refractivity contribution in [3.8, 4) is 5.75 Å². The number of aromatic amines is 2. The Morgan fingerprint density at radius 3 is 2.62 bits per heavy atom. The maximum absolute atomic E-state index is 11.4. The van der Waals surface area contributed by atoms with E-state index in [1.807, 2.05) is 18.2 Å². The number of benzene rings is 2. The lowest BCUT2D eigenvalue weighted by atomic mass is 9.90. The van der Waals surface area contributed by atoms with Crippen molar-refractivity contribution in [2.24, 2.45) is 5.92 Å². The van der Waals surface area contributed by atoms with Gasteiger partial charge in [0, 0.05) is 6.54 Å². The Kier molecular flexibility index (Phi) is 5.07. The monoisotopic (exact) mass is 351 g/mol. The number of piperidine rings is 1. The van der Waals surface area contributed by atoms with Crippen molar-refractivity contribution < 1.29 is 4.74 Å². The van der Waals surface area contributed by atoms with Crippen LogP contribution in [-0.2, 0) is 6.42 Å². The van der Waals surface area contributed by atoms with Gasteiger partial charge in [0.2, 0.25) is 0 Å². The number of likely N-dealkylation sites (tertiary alicyclic amines) is 1. The van der Waals surface area contributed by atoms with Gasteiger partial charge in [-0.05, 0) is 56.0 Å². The van der Waals surface area contributed by atoms with Crippen LogP contribution in [0.25, 0.3) is 11.0 Å². The Morgan fingerprint density at radius 2 is 1.81 bits per heavy atom. The zero-order valence-electron chi connectivity index (χ0n) is 14.9. The van der Waals surface area contributed by atoms with Gasteiger partial charge < -0.3 is 14.7 Å². The second-order valence-corrected chi connectivity index (χ2v) is 7.08. The topological polar surface area (TPSA) is 61.1 Å². The van der Waals surface area contributed by atoms with E-state index in [2.05, 4.69) is 45.2 Å². The van der Waals surface area contributed by atoms with Crippen LogP contribution in [-0.4, -0.2) is 41.1 Å². The van der Waals surface area contributed by atoms with Crippen molar-refractivity contribution in [2.75, 3.05) is 26.2 Å². The predicted molar refractivity (Wildman–Crippen MR) is 104 cm³/mol. The maximum Gasteiger partial charge on any atom is 0.323 e. The molecule has 0 spiro atoms. The number of nitrogens with zero attached hydrogens (tertiary/aromatic N) is 1. The van der Waals surface area contributed by atoms with Crippen molar-refractivity contribution in [3.63, 3.8) is 0 Å². The smallest absolute Gasteiger partial charge is 0.323 e. The number of hydrogen-bond acceptors (Lipinski definition) is 3. The molecule has 0 atom stereocenters. The first-order valence-corrected chi connectivity index (χ1v) is 9.38. The number of nitrogens with one attached hydrogen (secondary N) is 2. The van der Waals surface area contributed by atoms with E-state index in [1.165, 1.54) is 24.8 Å². The fraction of sp³-hybridized carbons (Fsp3) is 0.381. The molecule has 0 aliphatic carbocycles. The number of hydrogen-bond donors (Lipinski definition) is 2. The molecule has 4 rings (SSSR count). The summed E-state index contributed by atoms with van der Waals surface area (Å²) in [7, 11) is 0. The van der Waals surface area contributed by atoms with Crippen LogP contribution in [0.3, 0.4) is 0 Å². The molecule has 0 unspecified atom stereocenters. The van der Waals surface area contributed by atoms with E-state index in [9.17, 15) is 4.79 Å². The number of fused-ring (bicyclic) bond motifs is 1. The number of H-pyrrole nitrogens is 2. The van der Waals surface area contributed by atoms with Crippen LogP contribution >= 0.6 is 0 Å². The lowest BCUT2D eigenvalue weighted by molar-refractivity contribution is 0.155. The molecule has 1 saturated heterocycles. The summed E-state index contributed by atoms with van der Waals surface area (Å²) in [4.78, 5) is 19.5. The fourth-order valence-electron chi connectivity index (χ4n) is 3.80. The summed E-state index contributed by atoms with van der Waals surface area (Å²) in [6.45, 7) is 3.82. The average Bonchev–Trinajstić information content (AvgIpc) is 3.05. The SMILES string of the molecule is O=c1[nH]c2cccc(OCCN3CCC(Cc4ccccc4)CC3)c2[nH]1. The van der Waals surface area contributed by atoms with Crippen LogP contribution < -0.4 is 10.4 Å². The Morgan fingerprint density at radius 1 is 1.00 bits per heavy atom. The number of para-hydroxylation sites is 1. The summed E-state index contributed by atoms with van der Waals surface area (Å²) >= 11 is 0. The van der Waals surface area contributed by atoms with Gasteiger partial charge in [0.1, 0.15) is 17.9 Å². The minimum Gasteiger partial charge on any atom is -0.490 e. The second-order valence-electron chi connectivity index (χ2n) is 7.08. The van der Waals surface area contributed by atoms with Gasteiger partial charge in [-0.2, -0.15) is 0 Å². The van der Waals surface area contributed by atoms with E-state index in [0.717, 1.165) is 42.3 Å². The summed E-state index contributed by atoms with van der Waals surface area (Å²) in [5, 5.41) is 0. The normalized spacial score (nSPS) is 16.2. The van der Waals surface area contributed by atoms with E-state index in [1.54, 1.807) is 0 Å². The third-order valence-corrected chi connectivity index (χ3v) is 5.25. The Labute approximate surface area is 153 Å². The molecular formula is C21H25N3O2. The molecule has 2 aromatic carbocycles. The van der Waals surface area contributed by atoms with E-state index in [0.29, 0.717) is 6.61 Å². The van der Waals surface area contributed by atoms with Crippen molar-refractivity contribution in [3.05, 3.63) is 64.6 Å². The van der Waals surface area contributed by atoms with Crippen LogP contribution in [0.1, 0.15) is 18.4 Å². The van der Waals surface area contributed by atoms with Crippen LogP contribution in [0, 0.1) is 5.92 Å². The van der Waals surface area contributed by atoms with Gasteiger partial charge >= 0.3 is 5.69 Å². The van der Waals surface area contributed by atoms with Crippen LogP contribution in [0.5, 0.6) is 5.75 Å². The largest absolute Gasteiger partial charge is 0.490 e. The molecule has 1 aliphatic heterocycles. The highest BCUT2D eigenvalue weighted by Gasteiger charge is 2.19. The predicted octanol–water partition coefficient (Wildman–Crippen LogP) is 3.19. The first-order valence-electron chi connectivity index (χ1n) is 9.38. The highest BCUT2D eigenvalue weighted by atomic mass is 16.5. The van der Waals surface area contributed by atoms with Gasteiger partial charge in [-0.1, -0.05) is 36.4 Å². The first-order chi connectivity index (χ1) is 12.8. The summed E-state index contributed by atoms with van der Waals surface area (Å²) in [5.41, 5.74) is 2.78. The van der Waals surface area contributed by atoms with Crippen molar-refractivity contribution in [2.45, 2.75) is 19.3 Å². The summed E-state index contributed by atoms with van der Waals surface area (Å²) in [5.74, 6) is 1.52. The standard InChI is InChI=1S/C21H25N3O2/c25-21-22-18-7-4-8-19(20(18)23-21)26-14-13-24-11-9-17(10-12-24)15-16-5-2-1-3-6-16/h1-8,17H,9-15H2,(H2,22,23,25). The molecule has 26 heavy (non-hydrogen) atoms. The van der Waals surface area contributed by atoms with E-state index < -0.39 is 0 Å². The fourth-order valence-corrected chi connectivity index (χ4v) is 3.80. The molecule has 2 N–H and O–H groups in total. The number of rotatable bonds is 6. The van der Waals surface area contributed by atoms with Crippen molar-refractivity contribution in [1.29, 1.82) is 0 Å². The third-order valence-electron chi connectivity index (χ3n) is 5.25. The summed E-state index contributed by atoms with van der Waals surface area (Å²) in [6, 6.07) is 16.5. The number of ether oxygens (including phenoxy) is 1. The molecule has 136 valence electrons. The lowest BCUT2D eigenvalue weighted by Gasteiger charge is -2.31. The molecule has 0 radical (unpaired) electrons. The minimum absolute atomic E-state index is 0.198. The summed E-state index contributed by atoms with van der Waals surface area (Å²) in [6.07, 6.45) is 3.68. The first kappa shape index (κ1) is 16.9. The van der Waals surface area contributed by atoms with Gasteiger partial charge in [-0.15, -0.1) is 0 Å². The molecule has 2 heterocycles. The Bertz CT molecular complexity index is 892. The highest BCUT2D eigenvalue weighted by molar-refractivity contribution is 5.80. The Hall–Kier alpha value is -2.53. The quantitative estimate of drug-likeness (QED) is 0.717. The van der Waals surface area contributed by atoms with E-state index >= 15 is 0 Å². The van der Waals surface area contributed by atoms with Gasteiger partial charge in [0.15, 0.2) is 0 Å². The average molecular weight is 351 g/mol. The molecule has 1 aliphatic rings. The molecule has 0 bridgehead atoms. The molecule has 0 amide bonds. The molecule has 3 aromatic rings. The van der Waals surface area contributed by atoms with E-state index in [4.69, 9.17) is 4.74 Å². The highest BCUT2D eigenvalue weighted by Crippen LogP contribution is 2.23. The molecule has 5 heteroatoms. The minimum atomic E-state index is -0.198. The molecule has 1 fully saturated rings. The molecule has 1 aromatic heterocycles. The van der Waals surface area contributed by atoms with Gasteiger partial charge in [-0.25, -0.2) is 4.79 Å². The van der Waals surface area contributed by atoms with E-state index in [-0.39, 0.29) is 5.69 Å². The maximum atomic E-state index is 11.4. The van der Waals surface area contributed by atoms with Gasteiger partial charge in [0.25, 0.3) is 0 Å². The zero-order valence-corrected chi connectivity index (χ0v) is 14.9. The van der Waals surface area contributed by atoms with Crippen LogP contribution in [0.15, 0.2) is 53.3 Å². The molecular weight excluding hydrogens is 326 g/mol. The Balaban J connectivity index is 1.24. The summed E-state index contributed by atoms with van der Waals surface area (Å²) < 4.78 is 5.93. The number of imidazole rings is 1. The van der Waals surface area contributed by atoms with Crippen molar-refractivity contribution in [1.82, 2.24) is 14.9 Å². The van der Waals surface area contributed by atoms with Crippen molar-refractivity contribution >= 4 is 11.0 Å². The van der Waals surface area contributed by atoms with Crippen LogP contribution in [0.2, 0.25) is 0 Å².